The van der Waals surface area contributed by atoms with Gasteiger partial charge in [0, 0.05) is 5.92 Å². The van der Waals surface area contributed by atoms with E-state index in [1.54, 1.807) is 24.3 Å². The molecule has 7 heteroatoms. The van der Waals surface area contributed by atoms with Crippen molar-refractivity contribution in [2.45, 2.75) is 12.0 Å². The summed E-state index contributed by atoms with van der Waals surface area (Å²) in [6.45, 7) is 0. The van der Waals surface area contributed by atoms with Gasteiger partial charge in [0.15, 0.2) is 9.84 Å². The van der Waals surface area contributed by atoms with Crippen molar-refractivity contribution >= 4 is 21.2 Å². The Bertz CT molecular complexity index is 511. The van der Waals surface area contributed by atoms with Crippen molar-refractivity contribution in [3.05, 3.63) is 35.9 Å². The highest BCUT2D eigenvalue weighted by Crippen LogP contribution is 2.31. The summed E-state index contributed by atoms with van der Waals surface area (Å²) in [6, 6.07) is 9.01. The number of hydrogen-bond donors (Lipinski definition) is 1. The molecule has 0 saturated carbocycles. The lowest BCUT2D eigenvalue weighted by Gasteiger charge is -2.16. The second kappa shape index (κ2) is 4.85. The maximum absolute atomic E-state index is 11.5. The van der Waals surface area contributed by atoms with Gasteiger partial charge in [0.2, 0.25) is 0 Å². The highest BCUT2D eigenvalue weighted by Gasteiger charge is 2.40. The van der Waals surface area contributed by atoms with Crippen LogP contribution in [0.5, 0.6) is 0 Å². The minimum Gasteiger partial charge on any atom is -0.284 e. The van der Waals surface area contributed by atoms with Gasteiger partial charge in [-0.1, -0.05) is 30.3 Å². The Balaban J connectivity index is 2.28. The van der Waals surface area contributed by atoms with E-state index in [4.69, 9.17) is 8.74 Å². The van der Waals surface area contributed by atoms with E-state index < -0.39 is 27.3 Å². The molecular formula is C10H12O5S2. The molecule has 3 atom stereocenters. The average molecular weight is 276 g/mol. The summed E-state index contributed by atoms with van der Waals surface area (Å²) < 4.78 is 47.2. The van der Waals surface area contributed by atoms with E-state index in [-0.39, 0.29) is 17.4 Å². The third-order valence-electron chi connectivity index (χ3n) is 2.73. The van der Waals surface area contributed by atoms with E-state index in [0.29, 0.717) is 0 Å². The molecular weight excluding hydrogens is 264 g/mol. The minimum atomic E-state index is -3.21. The van der Waals surface area contributed by atoms with Crippen LogP contribution in [-0.2, 0) is 25.4 Å². The zero-order valence-corrected chi connectivity index (χ0v) is 10.5. The largest absolute Gasteiger partial charge is 0.302 e. The third kappa shape index (κ3) is 3.12. The van der Waals surface area contributed by atoms with Crippen molar-refractivity contribution in [2.24, 2.45) is 0 Å². The average Bonchev–Trinajstić information content (AvgIpc) is 2.54. The molecule has 1 saturated heterocycles. The van der Waals surface area contributed by atoms with Crippen molar-refractivity contribution < 1.29 is 21.4 Å². The highest BCUT2D eigenvalue weighted by molar-refractivity contribution is 7.91. The Labute approximate surface area is 102 Å². The van der Waals surface area contributed by atoms with Crippen LogP contribution in [-0.4, -0.2) is 34.8 Å². The van der Waals surface area contributed by atoms with Gasteiger partial charge in [-0.3, -0.25) is 8.74 Å². The first-order valence-electron chi connectivity index (χ1n) is 5.01. The first-order valence-corrected chi connectivity index (χ1v) is 7.86. The molecule has 5 nitrogen and oxygen atoms in total. The standard InChI is InChI=1S/C10H12O5S2/c11-16(12)15-10-7-17(13,14)6-9(10)8-4-2-1-3-5-8/h1-5,9-10H,6-7H2,(H,11,12). The van der Waals surface area contributed by atoms with Crippen LogP contribution in [0.15, 0.2) is 30.3 Å². The van der Waals surface area contributed by atoms with E-state index in [2.05, 4.69) is 0 Å². The van der Waals surface area contributed by atoms with Gasteiger partial charge < -0.3 is 0 Å². The number of hydrogen-bond acceptors (Lipinski definition) is 4. The Morgan fingerprint density at radius 3 is 2.47 bits per heavy atom. The molecule has 0 radical (unpaired) electrons. The van der Waals surface area contributed by atoms with Crippen molar-refractivity contribution in [3.63, 3.8) is 0 Å². The van der Waals surface area contributed by atoms with Crippen molar-refractivity contribution in [1.29, 1.82) is 0 Å². The van der Waals surface area contributed by atoms with E-state index in [9.17, 15) is 12.6 Å². The van der Waals surface area contributed by atoms with Crippen LogP contribution in [0.25, 0.3) is 0 Å². The first kappa shape index (κ1) is 12.7. The Kier molecular flexibility index (Phi) is 3.62. The molecule has 1 aromatic rings. The number of rotatable bonds is 3. The maximum Gasteiger partial charge on any atom is 0.302 e. The monoisotopic (exact) mass is 276 g/mol. The zero-order chi connectivity index (χ0) is 12.5. The summed E-state index contributed by atoms with van der Waals surface area (Å²) in [7, 11) is -3.21. The molecule has 0 spiro atoms. The second-order valence-corrected chi connectivity index (χ2v) is 6.73. The molecule has 1 aromatic carbocycles. The summed E-state index contributed by atoms with van der Waals surface area (Å²) in [5.41, 5.74) is 0.809. The predicted molar refractivity (Wildman–Crippen MR) is 63.5 cm³/mol. The SMILES string of the molecule is O=S(O)OC1CS(=O)(=O)CC1c1ccccc1. The smallest absolute Gasteiger partial charge is 0.284 e. The van der Waals surface area contributed by atoms with E-state index in [1.165, 1.54) is 0 Å². The van der Waals surface area contributed by atoms with Crippen molar-refractivity contribution in [1.82, 2.24) is 0 Å². The molecule has 94 valence electrons. The van der Waals surface area contributed by atoms with Gasteiger partial charge in [0.25, 0.3) is 0 Å². The molecule has 0 aliphatic carbocycles. The van der Waals surface area contributed by atoms with Crippen LogP contribution in [0.4, 0.5) is 0 Å². The molecule has 0 aromatic heterocycles. The quantitative estimate of drug-likeness (QED) is 0.823. The van der Waals surface area contributed by atoms with Gasteiger partial charge >= 0.3 is 11.4 Å². The number of sulfone groups is 1. The van der Waals surface area contributed by atoms with Crippen LogP contribution in [0.2, 0.25) is 0 Å². The third-order valence-corrected chi connectivity index (χ3v) is 4.85. The van der Waals surface area contributed by atoms with Crippen LogP contribution >= 0.6 is 0 Å². The van der Waals surface area contributed by atoms with Gasteiger partial charge in [-0.25, -0.2) is 8.42 Å². The molecule has 2 rings (SSSR count). The summed E-state index contributed by atoms with van der Waals surface area (Å²) in [5, 5.41) is 0. The number of benzene rings is 1. The van der Waals surface area contributed by atoms with Crippen molar-refractivity contribution in [2.75, 3.05) is 11.5 Å². The van der Waals surface area contributed by atoms with Crippen molar-refractivity contribution in [3.8, 4) is 0 Å². The first-order chi connectivity index (χ1) is 7.98. The summed E-state index contributed by atoms with van der Waals surface area (Å²) in [6.07, 6.45) is -0.756. The maximum atomic E-state index is 11.5. The Hall–Kier alpha value is -0.760. The lowest BCUT2D eigenvalue weighted by molar-refractivity contribution is 0.210. The minimum absolute atomic E-state index is 0.0428. The fourth-order valence-corrected chi connectivity index (χ4v) is 4.42. The van der Waals surface area contributed by atoms with Crippen LogP contribution in [0, 0.1) is 0 Å². The fourth-order valence-electron chi connectivity index (χ4n) is 2.03. The van der Waals surface area contributed by atoms with Crippen LogP contribution in [0.3, 0.4) is 0 Å². The predicted octanol–water partition coefficient (Wildman–Crippen LogP) is 0.720. The van der Waals surface area contributed by atoms with Gasteiger partial charge in [-0.05, 0) is 5.56 Å². The molecule has 17 heavy (non-hydrogen) atoms. The van der Waals surface area contributed by atoms with Crippen LogP contribution in [0.1, 0.15) is 11.5 Å². The van der Waals surface area contributed by atoms with Gasteiger partial charge in [0.05, 0.1) is 17.6 Å². The van der Waals surface area contributed by atoms with Gasteiger partial charge in [0.1, 0.15) is 0 Å². The van der Waals surface area contributed by atoms with Gasteiger partial charge in [-0.2, -0.15) is 4.21 Å². The Morgan fingerprint density at radius 2 is 1.88 bits per heavy atom. The van der Waals surface area contributed by atoms with E-state index in [0.717, 1.165) is 5.56 Å². The molecule has 1 fully saturated rings. The summed E-state index contributed by atoms with van der Waals surface area (Å²) in [5.74, 6) is -0.630. The van der Waals surface area contributed by atoms with Gasteiger partial charge in [-0.15, -0.1) is 0 Å². The molecule has 3 unspecified atom stereocenters. The van der Waals surface area contributed by atoms with E-state index >= 15 is 0 Å². The lowest BCUT2D eigenvalue weighted by atomic mass is 9.97. The molecule has 1 N–H and O–H groups in total. The molecule has 1 aliphatic heterocycles. The summed E-state index contributed by atoms with van der Waals surface area (Å²) in [4.78, 5) is 0. The zero-order valence-electron chi connectivity index (χ0n) is 8.85. The fraction of sp³-hybridized carbons (Fsp3) is 0.400. The summed E-state index contributed by atoms with van der Waals surface area (Å²) >= 11 is -2.45. The second-order valence-electron chi connectivity index (χ2n) is 3.95. The lowest BCUT2D eigenvalue weighted by Crippen LogP contribution is -2.21. The molecule has 0 amide bonds. The molecule has 0 bridgehead atoms. The topological polar surface area (TPSA) is 80.7 Å². The Morgan fingerprint density at radius 1 is 1.24 bits per heavy atom. The molecule has 1 heterocycles. The highest BCUT2D eigenvalue weighted by atomic mass is 32.2. The van der Waals surface area contributed by atoms with Crippen LogP contribution < -0.4 is 0 Å². The van der Waals surface area contributed by atoms with E-state index in [1.807, 2.05) is 6.07 Å². The normalized spacial score (nSPS) is 29.0. The molecule has 1 aliphatic rings.